The van der Waals surface area contributed by atoms with Crippen LogP contribution in [0.4, 0.5) is 35.0 Å². The van der Waals surface area contributed by atoms with Crippen LogP contribution in [0.3, 0.4) is 0 Å². The fraction of sp³-hybridized carbons (Fsp3) is 0.395. The number of anilines is 3. The smallest absolute Gasteiger partial charge is 0.418 e. The molecule has 2 N–H and O–H groups in total. The average molecular weight is 724 g/mol. The molecule has 1 saturated heterocycles. The van der Waals surface area contributed by atoms with Crippen LogP contribution in [-0.2, 0) is 15.7 Å². The van der Waals surface area contributed by atoms with Crippen LogP contribution in [0.1, 0.15) is 45.6 Å². The Labute approximate surface area is 301 Å². The van der Waals surface area contributed by atoms with Crippen LogP contribution in [0.15, 0.2) is 66.9 Å². The summed E-state index contributed by atoms with van der Waals surface area (Å²) in [4.78, 5) is 31.1. The first kappa shape index (κ1) is 37.8. The molecule has 1 aliphatic heterocycles. The Hall–Kier alpha value is -5.40. The minimum Gasteiger partial charge on any atom is -0.493 e. The van der Waals surface area contributed by atoms with Crippen molar-refractivity contribution in [1.29, 1.82) is 0 Å². The van der Waals surface area contributed by atoms with E-state index in [9.17, 15) is 22.8 Å². The summed E-state index contributed by atoms with van der Waals surface area (Å²) in [5, 5.41) is 6.13. The van der Waals surface area contributed by atoms with Crippen molar-refractivity contribution < 1.29 is 41.7 Å². The highest BCUT2D eigenvalue weighted by Crippen LogP contribution is 2.42. The monoisotopic (exact) mass is 723 g/mol. The minimum atomic E-state index is -4.64. The Morgan fingerprint density at radius 2 is 1.67 bits per heavy atom. The summed E-state index contributed by atoms with van der Waals surface area (Å²) < 4.78 is 66.8. The number of hydrogen-bond donors (Lipinski definition) is 2. The molecular weight excluding hydrogens is 679 g/mol. The van der Waals surface area contributed by atoms with Gasteiger partial charge in [-0.05, 0) is 82.5 Å². The summed E-state index contributed by atoms with van der Waals surface area (Å²) >= 11 is 0. The normalized spacial score (nSPS) is 13.7. The number of hydrogen-bond acceptors (Lipinski definition) is 9. The molecule has 5 rings (SSSR count). The van der Waals surface area contributed by atoms with E-state index in [4.69, 9.17) is 18.9 Å². The van der Waals surface area contributed by atoms with Crippen LogP contribution in [0.2, 0.25) is 0 Å². The summed E-state index contributed by atoms with van der Waals surface area (Å²) in [6, 6.07) is 16.4. The second-order valence-electron chi connectivity index (χ2n) is 13.3. The number of alkyl halides is 3. The molecule has 1 aliphatic rings. The molecule has 11 nitrogen and oxygen atoms in total. The highest BCUT2D eigenvalue weighted by atomic mass is 19.4. The predicted octanol–water partition coefficient (Wildman–Crippen LogP) is 7.83. The first-order chi connectivity index (χ1) is 24.8. The lowest BCUT2D eigenvalue weighted by Crippen LogP contribution is -2.46. The number of carbonyl (C=O) groups excluding carboxylic acids is 2. The third-order valence-electron chi connectivity index (χ3n) is 8.50. The zero-order valence-electron chi connectivity index (χ0n) is 29.9. The Balaban J connectivity index is 1.42. The average Bonchev–Trinajstić information content (AvgIpc) is 3.10. The molecule has 0 spiro atoms. The van der Waals surface area contributed by atoms with Crippen molar-refractivity contribution in [1.82, 2.24) is 15.6 Å². The van der Waals surface area contributed by atoms with Crippen LogP contribution < -0.4 is 34.6 Å². The molecule has 1 fully saturated rings. The number of alkyl carbamates (subject to hydrolysis) is 1. The fourth-order valence-corrected chi connectivity index (χ4v) is 6.12. The molecule has 14 heteroatoms. The highest BCUT2D eigenvalue weighted by Gasteiger charge is 2.37. The molecule has 0 radical (unpaired) electrons. The molecule has 2 heterocycles. The molecule has 3 aromatic carbocycles. The standard InChI is InChI=1S/C38H44F3N5O6/c1-37(2,3)52-36(48)44-25-13-18-45(19-14-25)32-11-10-27(21-30(32)38(39,40)41)46(17-7-15-42-24-47)26-8-6-9-28(20-26)51-33-12-16-43-31-23-35(50-5)34(49-4)22-29(31)33/h6,8-12,16,20-25H,7,13-15,17-19H2,1-5H3,(H,42,47)(H,44,48). The van der Waals surface area contributed by atoms with E-state index in [-0.39, 0.29) is 11.7 Å². The number of pyridine rings is 1. The quantitative estimate of drug-likeness (QED) is 0.105. The van der Waals surface area contributed by atoms with E-state index in [1.807, 2.05) is 0 Å². The van der Waals surface area contributed by atoms with Crippen molar-refractivity contribution in [2.45, 2.75) is 57.9 Å². The van der Waals surface area contributed by atoms with Gasteiger partial charge in [-0.15, -0.1) is 0 Å². The van der Waals surface area contributed by atoms with Crippen molar-refractivity contribution in [2.24, 2.45) is 0 Å². The number of nitrogens with zero attached hydrogens (tertiary/aromatic N) is 3. The Morgan fingerprint density at radius 3 is 2.35 bits per heavy atom. The Morgan fingerprint density at radius 1 is 0.962 bits per heavy atom. The van der Waals surface area contributed by atoms with E-state index in [0.717, 1.165) is 6.07 Å². The molecule has 4 aromatic rings. The van der Waals surface area contributed by atoms with Gasteiger partial charge in [-0.1, -0.05) is 6.07 Å². The first-order valence-electron chi connectivity index (χ1n) is 17.0. The molecule has 278 valence electrons. The zero-order chi connectivity index (χ0) is 37.5. The molecular formula is C38H44F3N5O6. The summed E-state index contributed by atoms with van der Waals surface area (Å²) in [7, 11) is 3.08. The number of rotatable bonds is 13. The van der Waals surface area contributed by atoms with Gasteiger partial charge in [0.05, 0.1) is 25.3 Å². The summed E-state index contributed by atoms with van der Waals surface area (Å²) in [5.41, 5.74) is 0.199. The summed E-state index contributed by atoms with van der Waals surface area (Å²) in [6.45, 7) is 6.60. The number of halogens is 3. The van der Waals surface area contributed by atoms with Gasteiger partial charge in [-0.25, -0.2) is 4.79 Å². The lowest BCUT2D eigenvalue weighted by atomic mass is 10.0. The molecule has 0 atom stereocenters. The van der Waals surface area contributed by atoms with Gasteiger partial charge in [0.2, 0.25) is 6.41 Å². The van der Waals surface area contributed by atoms with Gasteiger partial charge in [0, 0.05) is 73.0 Å². The van der Waals surface area contributed by atoms with Crippen molar-refractivity contribution in [3.8, 4) is 23.0 Å². The molecule has 0 aliphatic carbocycles. The van der Waals surface area contributed by atoms with Crippen LogP contribution >= 0.6 is 0 Å². The van der Waals surface area contributed by atoms with E-state index in [1.165, 1.54) is 20.3 Å². The van der Waals surface area contributed by atoms with Crippen LogP contribution in [0, 0.1) is 0 Å². The highest BCUT2D eigenvalue weighted by molar-refractivity contribution is 5.88. The fourth-order valence-electron chi connectivity index (χ4n) is 6.12. The van der Waals surface area contributed by atoms with Gasteiger partial charge in [0.25, 0.3) is 0 Å². The maximum atomic E-state index is 14.7. The van der Waals surface area contributed by atoms with Gasteiger partial charge in [-0.3, -0.25) is 9.78 Å². The SMILES string of the molecule is COc1cc2nccc(Oc3cccc(N(CCCNC=O)c4ccc(N5CCC(NC(=O)OC(C)(C)C)CC5)c(C(F)(F)F)c4)c3)c2cc1OC. The van der Waals surface area contributed by atoms with Gasteiger partial charge < -0.3 is 39.4 Å². The van der Waals surface area contributed by atoms with E-state index < -0.39 is 23.4 Å². The van der Waals surface area contributed by atoms with Crippen LogP contribution in [-0.4, -0.2) is 69.5 Å². The minimum absolute atomic E-state index is 0.0725. The molecule has 0 unspecified atom stereocenters. The second kappa shape index (κ2) is 16.3. The third kappa shape index (κ3) is 9.47. The van der Waals surface area contributed by atoms with E-state index in [2.05, 4.69) is 15.6 Å². The number of nitrogens with one attached hydrogen (secondary N) is 2. The maximum absolute atomic E-state index is 14.7. The zero-order valence-corrected chi connectivity index (χ0v) is 29.9. The Bertz CT molecular complexity index is 1860. The number of amides is 2. The number of methoxy groups -OCH3 is 2. The molecule has 0 bridgehead atoms. The third-order valence-corrected chi connectivity index (χ3v) is 8.50. The van der Waals surface area contributed by atoms with E-state index >= 15 is 0 Å². The maximum Gasteiger partial charge on any atom is 0.418 e. The van der Waals surface area contributed by atoms with Crippen molar-refractivity contribution in [3.63, 3.8) is 0 Å². The number of aromatic nitrogens is 1. The van der Waals surface area contributed by atoms with Crippen molar-refractivity contribution in [3.05, 3.63) is 72.4 Å². The summed E-state index contributed by atoms with van der Waals surface area (Å²) in [5.74, 6) is 1.97. The van der Waals surface area contributed by atoms with Crippen molar-refractivity contribution in [2.75, 3.05) is 50.2 Å². The largest absolute Gasteiger partial charge is 0.493 e. The van der Waals surface area contributed by atoms with E-state index in [0.29, 0.717) is 97.1 Å². The van der Waals surface area contributed by atoms with E-state index in [1.54, 1.807) is 85.3 Å². The topological polar surface area (TPSA) is 114 Å². The molecule has 0 saturated carbocycles. The summed E-state index contributed by atoms with van der Waals surface area (Å²) in [6.07, 6.45) is -1.59. The molecule has 52 heavy (non-hydrogen) atoms. The molecule has 2 amide bonds. The van der Waals surface area contributed by atoms with Crippen molar-refractivity contribution >= 4 is 40.5 Å². The number of fused-ring (bicyclic) bond motifs is 1. The predicted molar refractivity (Wildman–Crippen MR) is 193 cm³/mol. The second-order valence-corrected chi connectivity index (χ2v) is 13.3. The number of carbonyl (C=O) groups is 2. The van der Waals surface area contributed by atoms with Crippen LogP contribution in [0.25, 0.3) is 10.9 Å². The number of piperidine rings is 1. The first-order valence-corrected chi connectivity index (χ1v) is 17.0. The van der Waals surface area contributed by atoms with Gasteiger partial charge >= 0.3 is 12.3 Å². The Kier molecular flexibility index (Phi) is 11.9. The lowest BCUT2D eigenvalue weighted by molar-refractivity contribution is -0.137. The lowest BCUT2D eigenvalue weighted by Gasteiger charge is -2.36. The number of ether oxygens (including phenoxy) is 4. The molecule has 1 aromatic heterocycles. The van der Waals surface area contributed by atoms with Gasteiger partial charge in [-0.2, -0.15) is 13.2 Å². The van der Waals surface area contributed by atoms with Crippen LogP contribution in [0.5, 0.6) is 23.0 Å². The van der Waals surface area contributed by atoms with Gasteiger partial charge in [0.15, 0.2) is 11.5 Å². The van der Waals surface area contributed by atoms with Gasteiger partial charge in [0.1, 0.15) is 17.1 Å². The number of benzene rings is 3.